The minimum atomic E-state index is -5.16. The fraction of sp³-hybridized carbons (Fsp3) is 0.123. The molecule has 0 saturated heterocycles. The summed E-state index contributed by atoms with van der Waals surface area (Å²) in [5, 5.41) is 37.3. The smallest absolute Gasteiger partial charge is 0.437 e. The number of unbranched alkanes of at least 4 members (excludes halogenated alkanes) is 1. The van der Waals surface area contributed by atoms with Crippen LogP contribution in [0.2, 0.25) is 0 Å². The average Bonchev–Trinajstić information content (AvgIpc) is 1.56. The Kier molecular flexibility index (Phi) is 20.5. The molecule has 96 heavy (non-hydrogen) atoms. The standard InChI is InChI=1S/C81H65F3N4O4S2Si2/c1-2-3-53-89-78-75(94-76-56-66(93-79(76)78)48-49-74-73(59-87)77(63(57-85)58-86)92-80(74,81(82,83)84)64-44-42-62(43-45-64)61-25-11-4-12-26-61)50-41-60-39-46-65(47-40-60)88(51-54-90-95(67-27-13-5-14-28-67,68-29-15-6-16-30-68)69-31-17-7-18-32-69)52-55-91-96(70-33-19-8-20-34-70,71-35-21-9-22-36-71)72-37-23-10-24-38-72/h4-50,56H,2-3,51-55H2,1H3/b49-48+,50-41+. The summed E-state index contributed by atoms with van der Waals surface area (Å²) in [6.45, 7) is 4.46. The van der Waals surface area contributed by atoms with Gasteiger partial charge in [-0.3, -0.25) is 0 Å². The van der Waals surface area contributed by atoms with Crippen molar-refractivity contribution in [3.8, 4) is 35.1 Å². The Hall–Kier alpha value is -10.4. The van der Waals surface area contributed by atoms with Gasteiger partial charge in [-0.05, 0) is 84.6 Å². The summed E-state index contributed by atoms with van der Waals surface area (Å²) in [5.41, 5.74) is -2.02. The number of nitriles is 3. The van der Waals surface area contributed by atoms with Gasteiger partial charge in [0.1, 0.15) is 23.8 Å². The second-order valence-corrected chi connectivity index (χ2v) is 31.8. The molecule has 0 N–H and O–H groups in total. The Labute approximate surface area is 568 Å². The molecule has 12 rings (SSSR count). The van der Waals surface area contributed by atoms with Gasteiger partial charge in [0, 0.05) is 34.8 Å². The highest BCUT2D eigenvalue weighted by atomic mass is 32.1. The second kappa shape index (κ2) is 29.9. The number of thiophene rings is 2. The first-order chi connectivity index (χ1) is 47.0. The van der Waals surface area contributed by atoms with Crippen LogP contribution in [0.15, 0.2) is 295 Å². The van der Waals surface area contributed by atoms with Gasteiger partial charge in [-0.15, -0.1) is 22.7 Å². The van der Waals surface area contributed by atoms with Gasteiger partial charge in [0.25, 0.3) is 22.2 Å². The fourth-order valence-corrected chi connectivity index (χ4v) is 22.6. The van der Waals surface area contributed by atoms with Crippen LogP contribution in [0.5, 0.6) is 5.75 Å². The third-order valence-electron chi connectivity index (χ3n) is 17.1. The van der Waals surface area contributed by atoms with Gasteiger partial charge in [0.05, 0.1) is 34.1 Å². The molecule has 2 aromatic heterocycles. The molecular formula is C81H65F3N4O4S2Si2. The predicted octanol–water partition coefficient (Wildman–Crippen LogP) is 15.8. The Morgan fingerprint density at radius 2 is 0.979 bits per heavy atom. The maximum Gasteiger partial charge on any atom is 0.437 e. The van der Waals surface area contributed by atoms with E-state index in [4.69, 9.17) is 18.3 Å². The number of ether oxygens (including phenoxy) is 2. The van der Waals surface area contributed by atoms with E-state index in [2.05, 4.69) is 188 Å². The maximum absolute atomic E-state index is 16.0. The zero-order valence-corrected chi connectivity index (χ0v) is 56.2. The molecule has 474 valence electrons. The van der Waals surface area contributed by atoms with Crippen molar-refractivity contribution in [3.05, 3.63) is 316 Å². The largest absolute Gasteiger partial charge is 0.491 e. The first-order valence-electron chi connectivity index (χ1n) is 31.7. The quantitative estimate of drug-likeness (QED) is 0.0241. The summed E-state index contributed by atoms with van der Waals surface area (Å²) in [5.74, 6) is -0.0650. The van der Waals surface area contributed by atoms with Gasteiger partial charge in [-0.1, -0.05) is 274 Å². The highest BCUT2D eigenvalue weighted by Crippen LogP contribution is 2.56. The first kappa shape index (κ1) is 65.7. The molecule has 0 radical (unpaired) electrons. The summed E-state index contributed by atoms with van der Waals surface area (Å²) in [4.78, 5) is 3.82. The van der Waals surface area contributed by atoms with Gasteiger partial charge >= 0.3 is 6.18 Å². The van der Waals surface area contributed by atoms with Crippen molar-refractivity contribution < 1.29 is 31.5 Å². The number of alkyl halides is 3. The number of hydrogen-bond donors (Lipinski definition) is 0. The number of fused-ring (bicyclic) bond motifs is 1. The van der Waals surface area contributed by atoms with Gasteiger partial charge in [0.2, 0.25) is 0 Å². The molecule has 0 saturated carbocycles. The van der Waals surface area contributed by atoms with Crippen molar-refractivity contribution in [1.82, 2.24) is 0 Å². The van der Waals surface area contributed by atoms with Crippen LogP contribution in [0.3, 0.4) is 0 Å². The number of allylic oxidation sites excluding steroid dienone is 2. The minimum Gasteiger partial charge on any atom is -0.491 e. The molecule has 1 aliphatic heterocycles. The fourth-order valence-electron chi connectivity index (χ4n) is 12.5. The van der Waals surface area contributed by atoms with Crippen molar-refractivity contribution in [2.45, 2.75) is 31.5 Å². The first-order valence-corrected chi connectivity index (χ1v) is 37.1. The summed E-state index contributed by atoms with van der Waals surface area (Å²) in [7, 11) is -6.13. The Balaban J connectivity index is 0.866. The van der Waals surface area contributed by atoms with Gasteiger partial charge in [-0.2, -0.15) is 29.0 Å². The van der Waals surface area contributed by atoms with Crippen molar-refractivity contribution in [2.75, 3.05) is 37.8 Å². The number of benzene rings is 9. The van der Waals surface area contributed by atoms with Crippen LogP contribution in [0.25, 0.3) is 38.8 Å². The average molecular weight is 1340 g/mol. The number of anilines is 1. The van der Waals surface area contributed by atoms with E-state index in [1.54, 1.807) is 24.3 Å². The van der Waals surface area contributed by atoms with E-state index >= 15 is 13.2 Å². The Morgan fingerprint density at radius 3 is 1.41 bits per heavy atom. The van der Waals surface area contributed by atoms with Gasteiger partial charge in [0.15, 0.2) is 17.1 Å². The molecule has 1 unspecified atom stereocenters. The van der Waals surface area contributed by atoms with E-state index in [1.165, 1.54) is 47.0 Å². The van der Waals surface area contributed by atoms with Crippen LogP contribution in [0.1, 0.15) is 40.6 Å². The Morgan fingerprint density at radius 1 is 0.531 bits per heavy atom. The molecule has 0 bridgehead atoms. The normalized spacial score (nSPS) is 14.2. The van der Waals surface area contributed by atoms with Crippen molar-refractivity contribution in [1.29, 1.82) is 15.8 Å². The highest BCUT2D eigenvalue weighted by Gasteiger charge is 2.65. The predicted molar refractivity (Wildman–Crippen MR) is 388 cm³/mol. The molecular weight excluding hydrogens is 1270 g/mol. The van der Waals surface area contributed by atoms with Crippen molar-refractivity contribution >= 4 is 104 Å². The number of hydrogen-bond acceptors (Lipinski definition) is 10. The lowest BCUT2D eigenvalue weighted by Crippen LogP contribution is -2.70. The van der Waals surface area contributed by atoms with Gasteiger partial charge in [-0.25, -0.2) is 0 Å². The van der Waals surface area contributed by atoms with Crippen LogP contribution in [-0.4, -0.2) is 55.7 Å². The molecule has 0 fully saturated rings. The molecule has 1 atom stereocenters. The molecule has 8 nitrogen and oxygen atoms in total. The third-order valence-corrected chi connectivity index (χ3v) is 27.6. The second-order valence-electron chi connectivity index (χ2n) is 22.9. The third kappa shape index (κ3) is 13.4. The molecule has 15 heteroatoms. The topological polar surface area (TPSA) is 112 Å². The summed E-state index contributed by atoms with van der Waals surface area (Å²) in [6.07, 6.45) is 3.38. The van der Waals surface area contributed by atoms with Gasteiger partial charge < -0.3 is 23.2 Å². The molecule has 0 amide bonds. The van der Waals surface area contributed by atoms with Crippen LogP contribution in [0.4, 0.5) is 18.9 Å². The molecule has 9 aromatic carbocycles. The van der Waals surface area contributed by atoms with Crippen LogP contribution < -0.4 is 40.8 Å². The molecule has 1 aliphatic rings. The number of rotatable bonds is 25. The lowest BCUT2D eigenvalue weighted by Gasteiger charge is -2.36. The van der Waals surface area contributed by atoms with Crippen molar-refractivity contribution in [3.63, 3.8) is 0 Å². The van der Waals surface area contributed by atoms with Crippen molar-refractivity contribution in [2.24, 2.45) is 0 Å². The van der Waals surface area contributed by atoms with E-state index in [0.29, 0.717) is 49.1 Å². The lowest BCUT2D eigenvalue weighted by atomic mass is 9.83. The molecule has 3 heterocycles. The monoisotopic (exact) mass is 1330 g/mol. The number of halogens is 3. The van der Waals surface area contributed by atoms with E-state index in [0.717, 1.165) is 75.1 Å². The molecule has 11 aromatic rings. The summed E-state index contributed by atoms with van der Waals surface area (Å²) >= 11 is 2.85. The molecule has 0 spiro atoms. The van der Waals surface area contributed by atoms with Crippen LogP contribution >= 0.6 is 22.7 Å². The van der Waals surface area contributed by atoms with E-state index in [9.17, 15) is 15.8 Å². The summed E-state index contributed by atoms with van der Waals surface area (Å²) < 4.78 is 77.1. The van der Waals surface area contributed by atoms with E-state index in [1.807, 2.05) is 84.9 Å². The highest BCUT2D eigenvalue weighted by molar-refractivity contribution is 7.29. The van der Waals surface area contributed by atoms with Crippen LogP contribution in [0, 0.1) is 34.0 Å². The van der Waals surface area contributed by atoms with E-state index < -0.39 is 50.9 Å². The zero-order chi connectivity index (χ0) is 66.4. The lowest BCUT2D eigenvalue weighted by molar-refractivity contribution is -0.249. The SMILES string of the molecule is CCCCOc1c(/C=C/c2ccc(N(CCO[Si](c3ccccc3)(c3ccccc3)c3ccccc3)CCO[Si](c3ccccc3)(c3ccccc3)c3ccccc3)cc2)sc2cc(/C=C/C3=C(C#N)C(=C(C#N)C#N)OC3(c3ccc(-c4ccccc4)cc3)C(F)(F)F)sc12. The van der Waals surface area contributed by atoms with Crippen LogP contribution in [-0.2, 0) is 19.2 Å². The molecule has 0 aliphatic carbocycles. The number of nitrogens with zero attached hydrogens (tertiary/aromatic N) is 4. The maximum atomic E-state index is 16.0. The van der Waals surface area contributed by atoms with E-state index in [-0.39, 0.29) is 5.56 Å². The Bertz CT molecular complexity index is 4370. The minimum absolute atomic E-state index is 0.325. The summed E-state index contributed by atoms with van der Waals surface area (Å²) in [6, 6.07) is 94.1. The zero-order valence-electron chi connectivity index (χ0n) is 52.5.